The van der Waals surface area contributed by atoms with Crippen LogP contribution in [0.5, 0.6) is 0 Å². The predicted molar refractivity (Wildman–Crippen MR) is 39.3 cm³/mol. The Labute approximate surface area is 64.1 Å². The smallest absolute Gasteiger partial charge is 0.337 e. The van der Waals surface area contributed by atoms with E-state index < -0.39 is 5.97 Å². The van der Waals surface area contributed by atoms with Crippen molar-refractivity contribution < 1.29 is 15.0 Å². The second kappa shape index (κ2) is 5.37. The number of aliphatic hydroxyl groups excluding tert-OH is 1. The summed E-state index contributed by atoms with van der Waals surface area (Å²) in [5.41, 5.74) is 0.220. The van der Waals surface area contributed by atoms with Gasteiger partial charge in [0, 0.05) is 19.5 Å². The Kier molecular flexibility index (Phi) is 4.68. The third-order valence-electron chi connectivity index (χ3n) is 0.908. The van der Waals surface area contributed by atoms with Gasteiger partial charge in [-0.15, -0.1) is 0 Å². The van der Waals surface area contributed by atoms with Crippen molar-refractivity contribution in [2.45, 2.75) is 0 Å². The van der Waals surface area contributed by atoms with Gasteiger partial charge in [-0.05, 0) is 12.1 Å². The van der Waals surface area contributed by atoms with Gasteiger partial charge in [-0.1, -0.05) is 0 Å². The summed E-state index contributed by atoms with van der Waals surface area (Å²) in [5, 5.41) is 15.3. The van der Waals surface area contributed by atoms with Gasteiger partial charge in [0.25, 0.3) is 0 Å². The summed E-state index contributed by atoms with van der Waals surface area (Å²) in [5.74, 6) is -0.942. The molecule has 0 atom stereocenters. The van der Waals surface area contributed by atoms with Gasteiger partial charge in [0.15, 0.2) is 0 Å². The molecule has 0 amide bonds. The molecule has 0 saturated heterocycles. The third-order valence-corrected chi connectivity index (χ3v) is 0.908. The van der Waals surface area contributed by atoms with Crippen LogP contribution in [-0.2, 0) is 0 Å². The van der Waals surface area contributed by atoms with Crippen LogP contribution in [0.2, 0.25) is 0 Å². The van der Waals surface area contributed by atoms with Crippen molar-refractivity contribution in [2.24, 2.45) is 0 Å². The molecule has 0 bridgehead atoms. The summed E-state index contributed by atoms with van der Waals surface area (Å²) in [6.07, 6.45) is 2.84. The number of pyridine rings is 1. The fourth-order valence-electron chi connectivity index (χ4n) is 0.489. The van der Waals surface area contributed by atoms with E-state index in [4.69, 9.17) is 10.2 Å². The molecule has 0 saturated carbocycles. The minimum atomic E-state index is -0.942. The van der Waals surface area contributed by atoms with Crippen molar-refractivity contribution in [3.63, 3.8) is 0 Å². The molecule has 0 radical (unpaired) electrons. The molecular formula is C7H9NO3. The molecule has 11 heavy (non-hydrogen) atoms. The Hall–Kier alpha value is -1.42. The molecule has 4 nitrogen and oxygen atoms in total. The number of hydrogen-bond acceptors (Lipinski definition) is 3. The first-order chi connectivity index (χ1) is 5.30. The Morgan fingerprint density at radius 2 is 2.18 bits per heavy atom. The molecule has 2 N–H and O–H groups in total. The molecule has 60 valence electrons. The molecule has 0 aromatic carbocycles. The van der Waals surface area contributed by atoms with Crippen LogP contribution < -0.4 is 0 Å². The van der Waals surface area contributed by atoms with E-state index in [1.807, 2.05) is 0 Å². The number of rotatable bonds is 1. The van der Waals surface area contributed by atoms with Gasteiger partial charge in [0.1, 0.15) is 0 Å². The fourth-order valence-corrected chi connectivity index (χ4v) is 0.489. The summed E-state index contributed by atoms with van der Waals surface area (Å²) in [4.78, 5) is 13.8. The van der Waals surface area contributed by atoms with Crippen LogP contribution in [0.25, 0.3) is 0 Å². The minimum Gasteiger partial charge on any atom is -0.478 e. The zero-order valence-corrected chi connectivity index (χ0v) is 6.06. The summed E-state index contributed by atoms with van der Waals surface area (Å²) in [6, 6.07) is 3.08. The van der Waals surface area contributed by atoms with E-state index in [1.165, 1.54) is 18.5 Å². The van der Waals surface area contributed by atoms with Crippen molar-refractivity contribution in [3.8, 4) is 0 Å². The van der Waals surface area contributed by atoms with Crippen molar-refractivity contribution in [2.75, 3.05) is 7.11 Å². The van der Waals surface area contributed by atoms with Gasteiger partial charge in [-0.2, -0.15) is 0 Å². The SMILES string of the molecule is CO.O=C(O)c1cccnc1. The molecular weight excluding hydrogens is 146 g/mol. The molecule has 1 aromatic rings. The quantitative estimate of drug-likeness (QED) is 0.615. The van der Waals surface area contributed by atoms with Crippen LogP contribution in [-0.4, -0.2) is 28.3 Å². The average Bonchev–Trinajstić information content (AvgIpc) is 2.10. The van der Waals surface area contributed by atoms with Crippen LogP contribution in [0.15, 0.2) is 24.5 Å². The monoisotopic (exact) mass is 155 g/mol. The van der Waals surface area contributed by atoms with Gasteiger partial charge in [-0.3, -0.25) is 4.98 Å². The zero-order chi connectivity index (χ0) is 8.69. The lowest BCUT2D eigenvalue weighted by atomic mass is 10.3. The van der Waals surface area contributed by atoms with E-state index in [9.17, 15) is 4.79 Å². The Balaban J connectivity index is 0.000000461. The lowest BCUT2D eigenvalue weighted by Crippen LogP contribution is -1.94. The van der Waals surface area contributed by atoms with E-state index in [0.29, 0.717) is 0 Å². The number of carbonyl (C=O) groups is 1. The number of carboxylic acids is 1. The zero-order valence-electron chi connectivity index (χ0n) is 6.06. The maximum Gasteiger partial charge on any atom is 0.337 e. The van der Waals surface area contributed by atoms with Crippen molar-refractivity contribution >= 4 is 5.97 Å². The largest absolute Gasteiger partial charge is 0.478 e. The summed E-state index contributed by atoms with van der Waals surface area (Å²) in [6.45, 7) is 0. The van der Waals surface area contributed by atoms with Crippen LogP contribution in [0.3, 0.4) is 0 Å². The van der Waals surface area contributed by atoms with Gasteiger partial charge >= 0.3 is 5.97 Å². The first-order valence-electron chi connectivity index (χ1n) is 2.89. The molecule has 1 heterocycles. The Morgan fingerprint density at radius 3 is 2.45 bits per heavy atom. The van der Waals surface area contributed by atoms with Crippen LogP contribution in [0.1, 0.15) is 10.4 Å². The van der Waals surface area contributed by atoms with E-state index in [0.717, 1.165) is 7.11 Å². The highest BCUT2D eigenvalue weighted by Gasteiger charge is 1.97. The third kappa shape index (κ3) is 3.32. The van der Waals surface area contributed by atoms with Crippen molar-refractivity contribution in [1.29, 1.82) is 0 Å². The minimum absolute atomic E-state index is 0.220. The number of carboxylic acid groups (broad SMARTS) is 1. The first kappa shape index (κ1) is 9.58. The highest BCUT2D eigenvalue weighted by molar-refractivity contribution is 5.86. The lowest BCUT2D eigenvalue weighted by molar-refractivity contribution is 0.0696. The average molecular weight is 155 g/mol. The predicted octanol–water partition coefficient (Wildman–Crippen LogP) is 0.388. The maximum absolute atomic E-state index is 10.2. The second-order valence-electron chi connectivity index (χ2n) is 1.55. The summed E-state index contributed by atoms with van der Waals surface area (Å²) < 4.78 is 0. The van der Waals surface area contributed by atoms with Gasteiger partial charge < -0.3 is 10.2 Å². The first-order valence-corrected chi connectivity index (χ1v) is 2.89. The van der Waals surface area contributed by atoms with Gasteiger partial charge in [-0.25, -0.2) is 4.79 Å². The number of hydrogen-bond donors (Lipinski definition) is 2. The van der Waals surface area contributed by atoms with Crippen LogP contribution in [0.4, 0.5) is 0 Å². The van der Waals surface area contributed by atoms with E-state index in [-0.39, 0.29) is 5.56 Å². The highest BCUT2D eigenvalue weighted by atomic mass is 16.4. The summed E-state index contributed by atoms with van der Waals surface area (Å²) in [7, 11) is 1.00. The maximum atomic E-state index is 10.2. The van der Waals surface area contributed by atoms with E-state index in [2.05, 4.69) is 4.98 Å². The van der Waals surface area contributed by atoms with Crippen molar-refractivity contribution in [3.05, 3.63) is 30.1 Å². The standard InChI is InChI=1S/C6H5NO2.CH4O/c8-6(9)5-2-1-3-7-4-5;1-2/h1-4H,(H,8,9);2H,1H3. The molecule has 0 aliphatic heterocycles. The number of aromatic nitrogens is 1. The number of nitrogens with zero attached hydrogens (tertiary/aromatic N) is 1. The Bertz CT molecular complexity index is 210. The fraction of sp³-hybridized carbons (Fsp3) is 0.143. The van der Waals surface area contributed by atoms with E-state index >= 15 is 0 Å². The Morgan fingerprint density at radius 1 is 1.55 bits per heavy atom. The number of aliphatic hydroxyl groups is 1. The molecule has 0 aliphatic rings. The van der Waals surface area contributed by atoms with Crippen LogP contribution in [0, 0.1) is 0 Å². The molecule has 1 aromatic heterocycles. The van der Waals surface area contributed by atoms with Crippen molar-refractivity contribution in [1.82, 2.24) is 4.98 Å². The molecule has 1 rings (SSSR count). The second-order valence-corrected chi connectivity index (χ2v) is 1.55. The molecule has 0 aliphatic carbocycles. The number of aromatic carboxylic acids is 1. The van der Waals surface area contributed by atoms with Gasteiger partial charge in [0.05, 0.1) is 5.56 Å². The topological polar surface area (TPSA) is 70.4 Å². The molecule has 4 heteroatoms. The molecule has 0 spiro atoms. The van der Waals surface area contributed by atoms with Crippen LogP contribution >= 0.6 is 0 Å². The lowest BCUT2D eigenvalue weighted by Gasteiger charge is -1.87. The summed E-state index contributed by atoms with van der Waals surface area (Å²) >= 11 is 0. The molecule has 0 fully saturated rings. The highest BCUT2D eigenvalue weighted by Crippen LogP contribution is 1.92. The molecule has 0 unspecified atom stereocenters. The van der Waals surface area contributed by atoms with Gasteiger partial charge in [0.2, 0.25) is 0 Å². The normalized spacial score (nSPS) is 7.82. The van der Waals surface area contributed by atoms with E-state index in [1.54, 1.807) is 6.07 Å².